The minimum Gasteiger partial charge on any atom is 1.00 e. The van der Waals surface area contributed by atoms with Crippen molar-refractivity contribution >= 4 is 17.1 Å². The molecule has 10 nitrogen and oxygen atoms in total. The Morgan fingerprint density at radius 1 is 0.458 bits per heavy atom. The fraction of sp³-hybridized carbons (Fsp3) is 1.00. The first-order valence-electron chi connectivity index (χ1n) is 7.43. The van der Waals surface area contributed by atoms with Crippen LogP contribution in [-0.4, -0.2) is 83.2 Å². The molecule has 0 bridgehead atoms. The SMILES string of the molecule is C(CO[Si-]12(OCCO1)OCCO2)O[Si-]12(OCCO1)OCCO2.[K+].[K+]. The zero-order valence-electron chi connectivity index (χ0n) is 14.2. The summed E-state index contributed by atoms with van der Waals surface area (Å²) in [6, 6.07) is 0. The Morgan fingerprint density at radius 3 is 0.875 bits per heavy atom. The van der Waals surface area contributed by atoms with Crippen molar-refractivity contribution in [3.8, 4) is 0 Å². The Hall–Kier alpha value is 3.31. The standard InChI is InChI=1S/C10H20O10Si2.2K/c1-2-12-21(11-1,13-3-4-14-21)19-9-10-20-22(15-5-6-16-22)17-7-8-18-22;;/h1-10H2;;/q-2;2*+1. The van der Waals surface area contributed by atoms with Crippen LogP contribution < -0.4 is 103 Å². The van der Waals surface area contributed by atoms with E-state index in [1.54, 1.807) is 0 Å². The van der Waals surface area contributed by atoms with Gasteiger partial charge in [-0.15, -0.1) is 0 Å². The van der Waals surface area contributed by atoms with Crippen molar-refractivity contribution in [3.63, 3.8) is 0 Å². The van der Waals surface area contributed by atoms with Gasteiger partial charge in [0.1, 0.15) is 0 Å². The molecule has 0 aromatic rings. The molecule has 0 aliphatic carbocycles. The predicted molar refractivity (Wildman–Crippen MR) is 71.0 cm³/mol. The van der Waals surface area contributed by atoms with Crippen LogP contribution in [0.3, 0.4) is 0 Å². The van der Waals surface area contributed by atoms with E-state index in [9.17, 15) is 0 Å². The molecule has 4 rings (SSSR count). The maximum Gasteiger partial charge on any atom is 1.00 e. The summed E-state index contributed by atoms with van der Waals surface area (Å²) in [5.41, 5.74) is 0. The maximum absolute atomic E-state index is 5.74. The van der Waals surface area contributed by atoms with Crippen molar-refractivity contribution < 1.29 is 147 Å². The zero-order chi connectivity index (χ0) is 15.0. The van der Waals surface area contributed by atoms with Crippen molar-refractivity contribution in [3.05, 3.63) is 0 Å². The van der Waals surface area contributed by atoms with Gasteiger partial charge in [-0.25, -0.2) is 0 Å². The molecule has 0 amide bonds. The number of hydrogen-bond acceptors (Lipinski definition) is 10. The summed E-state index contributed by atoms with van der Waals surface area (Å²) in [5.74, 6) is 0. The molecule has 24 heavy (non-hydrogen) atoms. The topological polar surface area (TPSA) is 92.3 Å². The van der Waals surface area contributed by atoms with Gasteiger partial charge in [0.15, 0.2) is 0 Å². The van der Waals surface area contributed by atoms with Crippen molar-refractivity contribution in [2.75, 3.05) is 66.1 Å². The molecule has 4 aliphatic rings. The minimum absolute atomic E-state index is 0. The molecular formula is C10H20K2O10Si2. The molecule has 0 saturated carbocycles. The van der Waals surface area contributed by atoms with Crippen LogP contribution in [-0.2, 0) is 44.3 Å². The van der Waals surface area contributed by atoms with Crippen LogP contribution in [0, 0.1) is 0 Å². The van der Waals surface area contributed by atoms with E-state index in [0.29, 0.717) is 52.9 Å². The van der Waals surface area contributed by atoms with Crippen LogP contribution in [0.1, 0.15) is 0 Å². The molecule has 0 atom stereocenters. The van der Waals surface area contributed by atoms with Gasteiger partial charge in [-0.3, -0.25) is 0 Å². The third-order valence-corrected chi connectivity index (χ3v) is 10.5. The Morgan fingerprint density at radius 2 is 0.667 bits per heavy atom. The first kappa shape index (κ1) is 23.6. The van der Waals surface area contributed by atoms with Crippen molar-refractivity contribution in [1.29, 1.82) is 0 Å². The predicted octanol–water partition coefficient (Wildman–Crippen LogP) is -7.01. The van der Waals surface area contributed by atoms with Crippen LogP contribution in [0.25, 0.3) is 0 Å². The molecule has 0 aromatic heterocycles. The molecule has 2 spiro atoms. The van der Waals surface area contributed by atoms with Gasteiger partial charge in [0, 0.05) is 0 Å². The van der Waals surface area contributed by atoms with E-state index in [1.807, 2.05) is 0 Å². The Bertz CT molecular complexity index is 346. The van der Waals surface area contributed by atoms with E-state index >= 15 is 0 Å². The average Bonchev–Trinajstić information content (AvgIpc) is 3.30. The molecule has 4 aliphatic heterocycles. The summed E-state index contributed by atoms with van der Waals surface area (Å²) in [6.45, 7) is 3.31. The molecule has 0 radical (unpaired) electrons. The summed E-state index contributed by atoms with van der Waals surface area (Å²) in [7, 11) is -8.25. The van der Waals surface area contributed by atoms with Crippen LogP contribution in [0.15, 0.2) is 0 Å². The second kappa shape index (κ2) is 8.98. The van der Waals surface area contributed by atoms with E-state index in [1.165, 1.54) is 0 Å². The van der Waals surface area contributed by atoms with Crippen molar-refractivity contribution in [1.82, 2.24) is 0 Å². The van der Waals surface area contributed by atoms with Crippen LogP contribution >= 0.6 is 0 Å². The molecule has 4 fully saturated rings. The zero-order valence-corrected chi connectivity index (χ0v) is 22.4. The fourth-order valence-corrected chi connectivity index (χ4v) is 8.75. The van der Waals surface area contributed by atoms with Crippen LogP contribution in [0.5, 0.6) is 0 Å². The van der Waals surface area contributed by atoms with Crippen molar-refractivity contribution in [2.45, 2.75) is 0 Å². The first-order valence-corrected chi connectivity index (χ1v) is 11.5. The summed E-state index contributed by atoms with van der Waals surface area (Å²) in [6.07, 6.45) is 0. The van der Waals surface area contributed by atoms with E-state index in [0.717, 1.165) is 0 Å². The fourth-order valence-electron chi connectivity index (χ4n) is 2.92. The molecule has 4 heterocycles. The Kier molecular flexibility index (Phi) is 8.83. The molecular weight excluding hydrogens is 414 g/mol. The quantitative estimate of drug-likeness (QED) is 0.307. The minimum atomic E-state index is -4.13. The molecule has 14 heteroatoms. The summed E-state index contributed by atoms with van der Waals surface area (Å²) < 4.78 is 56.1. The van der Waals surface area contributed by atoms with Gasteiger partial charge in [0.05, 0.1) is 0 Å². The smallest absolute Gasteiger partial charge is 1.00 e. The Balaban J connectivity index is 0.00000104. The second-order valence-corrected chi connectivity index (χ2v) is 11.4. The second-order valence-electron chi connectivity index (χ2n) is 5.15. The molecule has 0 N–H and O–H groups in total. The number of hydrogen-bond donors (Lipinski definition) is 0. The van der Waals surface area contributed by atoms with Gasteiger partial charge in [-0.1, -0.05) is 0 Å². The number of rotatable bonds is 5. The molecule has 0 aromatic carbocycles. The van der Waals surface area contributed by atoms with Crippen LogP contribution in [0.2, 0.25) is 0 Å². The summed E-state index contributed by atoms with van der Waals surface area (Å²) in [4.78, 5) is 0. The van der Waals surface area contributed by atoms with E-state index in [-0.39, 0.29) is 116 Å². The molecule has 130 valence electrons. The Labute approximate surface area is 226 Å². The third-order valence-electron chi connectivity index (χ3n) is 3.79. The van der Waals surface area contributed by atoms with Gasteiger partial charge in [-0.05, 0) is 0 Å². The maximum atomic E-state index is 5.74. The van der Waals surface area contributed by atoms with E-state index in [2.05, 4.69) is 0 Å². The van der Waals surface area contributed by atoms with Gasteiger partial charge in [-0.2, -0.15) is 0 Å². The van der Waals surface area contributed by atoms with E-state index < -0.39 is 17.1 Å². The van der Waals surface area contributed by atoms with Gasteiger partial charge in [0.25, 0.3) is 0 Å². The first-order chi connectivity index (χ1) is 10.7. The largest absolute Gasteiger partial charge is 1.00 e. The third kappa shape index (κ3) is 4.40. The summed E-state index contributed by atoms with van der Waals surface area (Å²) >= 11 is 0. The van der Waals surface area contributed by atoms with Gasteiger partial charge < -0.3 is 0 Å². The monoisotopic (exact) mass is 434 g/mol. The van der Waals surface area contributed by atoms with E-state index in [4.69, 9.17) is 44.3 Å². The van der Waals surface area contributed by atoms with Crippen LogP contribution in [0.4, 0.5) is 0 Å². The van der Waals surface area contributed by atoms with Crippen molar-refractivity contribution in [2.24, 2.45) is 0 Å². The van der Waals surface area contributed by atoms with Gasteiger partial charge in [0.2, 0.25) is 0 Å². The average molecular weight is 435 g/mol. The summed E-state index contributed by atoms with van der Waals surface area (Å²) in [5, 5.41) is 0. The molecule has 0 unspecified atom stereocenters. The normalized spacial score (nSPS) is 34.7. The molecule has 4 saturated heterocycles. The van der Waals surface area contributed by atoms with Gasteiger partial charge >= 0.3 is 230 Å².